The molecule has 2 amide bonds. The molecule has 19 heavy (non-hydrogen) atoms. The Morgan fingerprint density at radius 1 is 1.11 bits per heavy atom. The summed E-state index contributed by atoms with van der Waals surface area (Å²) in [6.45, 7) is 4.81. The van der Waals surface area contributed by atoms with Gasteiger partial charge in [-0.15, -0.1) is 0 Å². The van der Waals surface area contributed by atoms with Gasteiger partial charge in [0.05, 0.1) is 0 Å². The number of nitrogens with one attached hydrogen (secondary N) is 1. The van der Waals surface area contributed by atoms with Crippen molar-refractivity contribution in [3.63, 3.8) is 0 Å². The lowest BCUT2D eigenvalue weighted by Crippen LogP contribution is -2.49. The zero-order valence-electron chi connectivity index (χ0n) is 12.3. The molecule has 0 aromatic carbocycles. The first kappa shape index (κ1) is 15.9. The quantitative estimate of drug-likeness (QED) is 0.688. The van der Waals surface area contributed by atoms with E-state index in [2.05, 4.69) is 10.2 Å². The third-order valence-electron chi connectivity index (χ3n) is 3.45. The average molecular weight is 270 g/mol. The molecule has 0 saturated carbocycles. The molecular weight excluding hydrogens is 244 g/mol. The third-order valence-corrected chi connectivity index (χ3v) is 3.45. The van der Waals surface area contributed by atoms with Gasteiger partial charge < -0.3 is 15.1 Å². The monoisotopic (exact) mass is 270 g/mol. The van der Waals surface area contributed by atoms with Crippen LogP contribution >= 0.6 is 0 Å². The van der Waals surface area contributed by atoms with Crippen molar-refractivity contribution in [2.45, 2.75) is 12.8 Å². The Bertz CT molecular complexity index is 299. The number of rotatable bonds is 6. The van der Waals surface area contributed by atoms with Gasteiger partial charge in [0.15, 0.2) is 0 Å². The molecule has 1 fully saturated rings. The van der Waals surface area contributed by atoms with Crippen LogP contribution in [0.1, 0.15) is 12.8 Å². The summed E-state index contributed by atoms with van der Waals surface area (Å²) in [5.74, 6) is 0.380. The molecule has 0 bridgehead atoms. The first-order valence-corrected chi connectivity index (χ1v) is 6.89. The van der Waals surface area contributed by atoms with E-state index >= 15 is 0 Å². The highest BCUT2D eigenvalue weighted by molar-refractivity contribution is 5.76. The Morgan fingerprint density at radius 2 is 1.74 bits per heavy atom. The van der Waals surface area contributed by atoms with Crippen LogP contribution in [0.4, 0.5) is 0 Å². The lowest BCUT2D eigenvalue weighted by atomic mass is 10.2. The van der Waals surface area contributed by atoms with Crippen LogP contribution in [0.2, 0.25) is 0 Å². The molecular formula is C13H26N4O2. The van der Waals surface area contributed by atoms with E-state index in [9.17, 15) is 9.59 Å². The number of hydrogen-bond donors (Lipinski definition) is 1. The summed E-state index contributed by atoms with van der Waals surface area (Å²) in [4.78, 5) is 29.1. The summed E-state index contributed by atoms with van der Waals surface area (Å²) in [6.07, 6.45) is 1.12. The first-order valence-electron chi connectivity index (χ1n) is 6.89. The van der Waals surface area contributed by atoms with Gasteiger partial charge in [-0.05, 0) is 7.05 Å². The highest BCUT2D eigenvalue weighted by Gasteiger charge is 2.20. The van der Waals surface area contributed by atoms with E-state index in [0.29, 0.717) is 12.8 Å². The largest absolute Gasteiger partial charge is 0.349 e. The fourth-order valence-electron chi connectivity index (χ4n) is 2.09. The number of carbonyl (C=O) groups excluding carboxylic acids is 2. The van der Waals surface area contributed by atoms with Gasteiger partial charge in [-0.25, -0.2) is 0 Å². The number of hydrogen-bond acceptors (Lipinski definition) is 4. The molecule has 0 aromatic rings. The highest BCUT2D eigenvalue weighted by atomic mass is 16.2. The van der Waals surface area contributed by atoms with Crippen molar-refractivity contribution < 1.29 is 9.59 Å². The van der Waals surface area contributed by atoms with E-state index in [4.69, 9.17) is 0 Å². The highest BCUT2D eigenvalue weighted by Crippen LogP contribution is 2.04. The standard InChI is InChI=1S/C13H26N4O2/c1-14-6-4-13(19)17-10-8-16(9-11-17)7-5-12(18)15(2)3/h14H,4-11H2,1-3H3. The molecule has 0 aromatic heterocycles. The Labute approximate surface area is 115 Å². The van der Waals surface area contributed by atoms with E-state index < -0.39 is 0 Å². The van der Waals surface area contributed by atoms with Crippen LogP contribution in [-0.2, 0) is 9.59 Å². The fourth-order valence-corrected chi connectivity index (χ4v) is 2.09. The molecule has 1 rings (SSSR count). The molecule has 110 valence electrons. The summed E-state index contributed by atoms with van der Waals surface area (Å²) in [6, 6.07) is 0. The Morgan fingerprint density at radius 3 is 2.26 bits per heavy atom. The van der Waals surface area contributed by atoms with Crippen LogP contribution < -0.4 is 5.32 Å². The molecule has 1 saturated heterocycles. The van der Waals surface area contributed by atoms with Gasteiger partial charge >= 0.3 is 0 Å². The van der Waals surface area contributed by atoms with E-state index in [1.54, 1.807) is 19.0 Å². The summed E-state index contributed by atoms with van der Waals surface area (Å²) < 4.78 is 0. The van der Waals surface area contributed by atoms with Gasteiger partial charge in [0.25, 0.3) is 0 Å². The minimum atomic E-state index is 0.160. The van der Waals surface area contributed by atoms with Gasteiger partial charge in [0, 0.05) is 66.2 Å². The van der Waals surface area contributed by atoms with Crippen LogP contribution in [0.25, 0.3) is 0 Å². The van der Waals surface area contributed by atoms with E-state index in [0.717, 1.165) is 39.3 Å². The lowest BCUT2D eigenvalue weighted by Gasteiger charge is -2.34. The van der Waals surface area contributed by atoms with E-state index in [1.807, 2.05) is 11.9 Å². The van der Waals surface area contributed by atoms with Crippen LogP contribution in [-0.4, -0.2) is 86.9 Å². The number of piperazine rings is 1. The Kier molecular flexibility index (Phi) is 6.80. The van der Waals surface area contributed by atoms with Crippen molar-refractivity contribution in [1.29, 1.82) is 0 Å². The molecule has 6 heteroatoms. The number of carbonyl (C=O) groups is 2. The smallest absolute Gasteiger partial charge is 0.223 e. The van der Waals surface area contributed by atoms with E-state index in [1.165, 1.54) is 0 Å². The second kappa shape index (κ2) is 8.12. The van der Waals surface area contributed by atoms with Gasteiger partial charge in [-0.1, -0.05) is 0 Å². The maximum absolute atomic E-state index is 11.8. The molecule has 1 aliphatic heterocycles. The van der Waals surface area contributed by atoms with Gasteiger partial charge in [-0.2, -0.15) is 0 Å². The summed E-state index contributed by atoms with van der Waals surface area (Å²) in [7, 11) is 5.41. The van der Waals surface area contributed by atoms with Crippen molar-refractivity contribution in [3.05, 3.63) is 0 Å². The molecule has 0 unspecified atom stereocenters. The summed E-state index contributed by atoms with van der Waals surface area (Å²) in [5.41, 5.74) is 0. The van der Waals surface area contributed by atoms with E-state index in [-0.39, 0.29) is 11.8 Å². The molecule has 6 nitrogen and oxygen atoms in total. The molecule has 1 heterocycles. The molecule has 0 atom stereocenters. The SMILES string of the molecule is CNCCC(=O)N1CCN(CCC(=O)N(C)C)CC1. The van der Waals surface area contributed by atoms with Crippen molar-refractivity contribution in [1.82, 2.24) is 20.0 Å². The predicted octanol–water partition coefficient (Wildman–Crippen LogP) is -0.782. The molecule has 0 radical (unpaired) electrons. The molecule has 1 N–H and O–H groups in total. The van der Waals surface area contributed by atoms with Crippen molar-refractivity contribution in [2.75, 3.05) is 60.4 Å². The Balaban J connectivity index is 2.21. The average Bonchev–Trinajstić information content (AvgIpc) is 2.42. The topological polar surface area (TPSA) is 55.9 Å². The predicted molar refractivity (Wildman–Crippen MR) is 74.9 cm³/mol. The van der Waals surface area contributed by atoms with Crippen molar-refractivity contribution in [2.24, 2.45) is 0 Å². The fraction of sp³-hybridized carbons (Fsp3) is 0.846. The van der Waals surface area contributed by atoms with Crippen molar-refractivity contribution >= 4 is 11.8 Å². The number of nitrogens with zero attached hydrogens (tertiary/aromatic N) is 3. The van der Waals surface area contributed by atoms with Crippen LogP contribution in [0.15, 0.2) is 0 Å². The number of amides is 2. The normalized spacial score (nSPS) is 16.5. The zero-order chi connectivity index (χ0) is 14.3. The molecule has 0 aliphatic carbocycles. The summed E-state index contributed by atoms with van der Waals surface area (Å²) in [5, 5.41) is 2.99. The summed E-state index contributed by atoms with van der Waals surface area (Å²) >= 11 is 0. The van der Waals surface area contributed by atoms with Gasteiger partial charge in [0.1, 0.15) is 0 Å². The zero-order valence-corrected chi connectivity index (χ0v) is 12.3. The second-order valence-electron chi connectivity index (χ2n) is 5.11. The third kappa shape index (κ3) is 5.57. The Hall–Kier alpha value is -1.14. The maximum Gasteiger partial charge on any atom is 0.223 e. The first-order chi connectivity index (χ1) is 9.04. The molecule has 0 spiro atoms. The van der Waals surface area contributed by atoms with Crippen molar-refractivity contribution in [3.8, 4) is 0 Å². The minimum Gasteiger partial charge on any atom is -0.349 e. The maximum atomic E-state index is 11.8. The lowest BCUT2D eigenvalue weighted by molar-refractivity contribution is -0.133. The minimum absolute atomic E-state index is 0.160. The van der Waals surface area contributed by atoms with Gasteiger partial charge in [0.2, 0.25) is 11.8 Å². The van der Waals surface area contributed by atoms with Crippen LogP contribution in [0.5, 0.6) is 0 Å². The van der Waals surface area contributed by atoms with Gasteiger partial charge in [-0.3, -0.25) is 14.5 Å². The molecule has 1 aliphatic rings. The van der Waals surface area contributed by atoms with Crippen LogP contribution in [0, 0.1) is 0 Å². The second-order valence-corrected chi connectivity index (χ2v) is 5.11. The van der Waals surface area contributed by atoms with Crippen LogP contribution in [0.3, 0.4) is 0 Å².